The second-order valence-corrected chi connectivity index (χ2v) is 6.39. The zero-order chi connectivity index (χ0) is 17.8. The summed E-state index contributed by atoms with van der Waals surface area (Å²) in [6.45, 7) is 0. The van der Waals surface area contributed by atoms with E-state index in [9.17, 15) is 20.1 Å². The van der Waals surface area contributed by atoms with Gasteiger partial charge in [-0.25, -0.2) is 0 Å². The number of allylic oxidation sites excluding steroid dienone is 4. The first-order chi connectivity index (χ1) is 11.5. The molecule has 4 N–H and O–H groups in total. The Labute approximate surface area is 144 Å². The molecule has 5 heteroatoms. The molecule has 136 valence electrons. The molecule has 0 amide bonds. The van der Waals surface area contributed by atoms with Gasteiger partial charge in [0, 0.05) is 6.42 Å². The predicted molar refractivity (Wildman–Crippen MR) is 93.5 cm³/mol. The lowest BCUT2D eigenvalue weighted by Gasteiger charge is -2.24. The van der Waals surface area contributed by atoms with E-state index in [0.29, 0.717) is 12.3 Å². The molecule has 1 saturated carbocycles. The minimum Gasteiger partial charge on any atom is -0.481 e. The Morgan fingerprint density at radius 3 is 2.21 bits per heavy atom. The predicted octanol–water partition coefficient (Wildman–Crippen LogP) is 2.57. The zero-order valence-corrected chi connectivity index (χ0v) is 14.1. The molecule has 0 saturated heterocycles. The molecule has 5 nitrogen and oxygen atoms in total. The second kappa shape index (κ2) is 12.0. The van der Waals surface area contributed by atoms with Gasteiger partial charge in [0.25, 0.3) is 0 Å². The van der Waals surface area contributed by atoms with Crippen molar-refractivity contribution in [2.45, 2.75) is 69.7 Å². The highest BCUT2D eigenvalue weighted by atomic mass is 16.4. The number of hydrogen-bond donors (Lipinski definition) is 4. The number of aliphatic hydroxyl groups is 3. The van der Waals surface area contributed by atoms with Crippen molar-refractivity contribution in [2.75, 3.05) is 0 Å². The van der Waals surface area contributed by atoms with Crippen molar-refractivity contribution >= 4 is 5.97 Å². The van der Waals surface area contributed by atoms with Crippen molar-refractivity contribution in [3.8, 4) is 0 Å². The molecule has 0 aromatic carbocycles. The molecule has 1 rings (SSSR count). The highest BCUT2D eigenvalue weighted by molar-refractivity contribution is 5.66. The smallest absolute Gasteiger partial charge is 0.303 e. The van der Waals surface area contributed by atoms with Gasteiger partial charge in [-0.1, -0.05) is 55.7 Å². The lowest BCUT2D eigenvalue weighted by Crippen LogP contribution is -2.23. The number of rotatable bonds is 10. The molecule has 0 aromatic heterocycles. The monoisotopic (exact) mass is 338 g/mol. The SMILES string of the molecule is O=C(O)CCC[C@H](O)[C@H](O)/C=C/C=C\C=C\[C@@H](O)C1CCCCC1. The van der Waals surface area contributed by atoms with Crippen LogP contribution in [0.15, 0.2) is 36.5 Å². The van der Waals surface area contributed by atoms with E-state index in [1.807, 2.05) is 0 Å². The zero-order valence-electron chi connectivity index (χ0n) is 14.1. The quantitative estimate of drug-likeness (QED) is 0.459. The summed E-state index contributed by atoms with van der Waals surface area (Å²) in [5, 5.41) is 38.0. The maximum absolute atomic E-state index is 10.4. The third kappa shape index (κ3) is 9.01. The third-order valence-corrected chi connectivity index (χ3v) is 4.37. The first-order valence-corrected chi connectivity index (χ1v) is 8.78. The highest BCUT2D eigenvalue weighted by Gasteiger charge is 2.19. The minimum atomic E-state index is -1.01. The lowest BCUT2D eigenvalue weighted by molar-refractivity contribution is -0.137. The molecule has 0 bridgehead atoms. The molecule has 0 aromatic rings. The Morgan fingerprint density at radius 2 is 1.58 bits per heavy atom. The number of carbonyl (C=O) groups is 1. The van der Waals surface area contributed by atoms with Crippen LogP contribution in [0.3, 0.4) is 0 Å². The minimum absolute atomic E-state index is 0.0124. The van der Waals surface area contributed by atoms with E-state index in [1.54, 1.807) is 30.4 Å². The number of carboxylic acid groups (broad SMARTS) is 1. The van der Waals surface area contributed by atoms with Crippen LogP contribution in [-0.2, 0) is 4.79 Å². The van der Waals surface area contributed by atoms with E-state index >= 15 is 0 Å². The van der Waals surface area contributed by atoms with Crippen molar-refractivity contribution in [3.63, 3.8) is 0 Å². The molecule has 0 unspecified atom stereocenters. The summed E-state index contributed by atoms with van der Waals surface area (Å²) in [5.41, 5.74) is 0. The Kier molecular flexibility index (Phi) is 10.3. The van der Waals surface area contributed by atoms with Crippen LogP contribution in [0.2, 0.25) is 0 Å². The van der Waals surface area contributed by atoms with Crippen molar-refractivity contribution < 1.29 is 25.2 Å². The first kappa shape index (κ1) is 20.6. The summed E-state index contributed by atoms with van der Waals surface area (Å²) in [5.74, 6) is -0.543. The van der Waals surface area contributed by atoms with Gasteiger partial charge in [-0.2, -0.15) is 0 Å². The molecule has 3 atom stereocenters. The van der Waals surface area contributed by atoms with E-state index in [4.69, 9.17) is 5.11 Å². The Hall–Kier alpha value is -1.43. The van der Waals surface area contributed by atoms with E-state index < -0.39 is 24.3 Å². The van der Waals surface area contributed by atoms with Crippen LogP contribution in [0.1, 0.15) is 51.4 Å². The van der Waals surface area contributed by atoms with Crippen LogP contribution in [-0.4, -0.2) is 44.7 Å². The molecule has 1 fully saturated rings. The van der Waals surface area contributed by atoms with Crippen LogP contribution in [0.25, 0.3) is 0 Å². The van der Waals surface area contributed by atoms with Crippen LogP contribution in [0.4, 0.5) is 0 Å². The second-order valence-electron chi connectivity index (χ2n) is 6.39. The maximum Gasteiger partial charge on any atom is 0.303 e. The third-order valence-electron chi connectivity index (χ3n) is 4.37. The first-order valence-electron chi connectivity index (χ1n) is 8.78. The summed E-state index contributed by atoms with van der Waals surface area (Å²) in [4.78, 5) is 10.4. The molecule has 0 aliphatic heterocycles. The van der Waals surface area contributed by atoms with Crippen molar-refractivity contribution in [3.05, 3.63) is 36.5 Å². The van der Waals surface area contributed by atoms with E-state index in [0.717, 1.165) is 12.8 Å². The topological polar surface area (TPSA) is 98.0 Å². The summed E-state index contributed by atoms with van der Waals surface area (Å²) < 4.78 is 0. The molecule has 0 spiro atoms. The van der Waals surface area contributed by atoms with Crippen molar-refractivity contribution in [1.82, 2.24) is 0 Å². The van der Waals surface area contributed by atoms with Gasteiger partial charge in [0.15, 0.2) is 0 Å². The van der Waals surface area contributed by atoms with E-state index in [1.165, 1.54) is 25.3 Å². The molecule has 0 radical (unpaired) electrons. The van der Waals surface area contributed by atoms with E-state index in [-0.39, 0.29) is 12.8 Å². The van der Waals surface area contributed by atoms with Gasteiger partial charge in [-0.3, -0.25) is 4.79 Å². The average Bonchev–Trinajstić information content (AvgIpc) is 2.57. The number of aliphatic hydroxyl groups excluding tert-OH is 3. The molecule has 1 aliphatic carbocycles. The van der Waals surface area contributed by atoms with Crippen LogP contribution in [0, 0.1) is 5.92 Å². The Bertz CT molecular complexity index is 435. The van der Waals surface area contributed by atoms with Gasteiger partial charge in [0.05, 0.1) is 18.3 Å². The van der Waals surface area contributed by atoms with E-state index in [2.05, 4.69) is 0 Å². The average molecular weight is 338 g/mol. The van der Waals surface area contributed by atoms with Crippen molar-refractivity contribution in [2.24, 2.45) is 5.92 Å². The van der Waals surface area contributed by atoms with Gasteiger partial charge in [0.2, 0.25) is 0 Å². The molecule has 24 heavy (non-hydrogen) atoms. The lowest BCUT2D eigenvalue weighted by atomic mass is 9.85. The maximum atomic E-state index is 10.4. The summed E-state index contributed by atoms with van der Waals surface area (Å²) >= 11 is 0. The van der Waals surface area contributed by atoms with Crippen LogP contribution in [0.5, 0.6) is 0 Å². The fourth-order valence-electron chi connectivity index (χ4n) is 2.88. The number of aliphatic carboxylic acids is 1. The normalized spacial score (nSPS) is 20.8. The van der Waals surface area contributed by atoms with Crippen LogP contribution < -0.4 is 0 Å². The molecular formula is C19H30O5. The van der Waals surface area contributed by atoms with Crippen molar-refractivity contribution in [1.29, 1.82) is 0 Å². The Morgan fingerprint density at radius 1 is 0.958 bits per heavy atom. The standard InChI is InChI=1S/C19H30O5/c20-16(15-9-4-3-5-10-15)11-6-1-2-7-12-17(21)18(22)13-8-14-19(23)24/h1-2,6-7,11-12,15-18,20-22H,3-5,8-10,13-14H2,(H,23,24)/b2-1-,11-6+,12-7+/t16-,17-,18+/m1/s1. The Balaban J connectivity index is 2.25. The molecule has 0 heterocycles. The van der Waals surface area contributed by atoms with Gasteiger partial charge < -0.3 is 20.4 Å². The van der Waals surface area contributed by atoms with Crippen LogP contribution >= 0.6 is 0 Å². The van der Waals surface area contributed by atoms with Gasteiger partial charge in [-0.15, -0.1) is 0 Å². The summed E-state index contributed by atoms with van der Waals surface area (Å²) in [6, 6.07) is 0. The largest absolute Gasteiger partial charge is 0.481 e. The fourth-order valence-corrected chi connectivity index (χ4v) is 2.88. The summed E-state index contributed by atoms with van der Waals surface area (Å²) in [6.07, 6.45) is 14.2. The number of carboxylic acids is 1. The van der Waals surface area contributed by atoms with Gasteiger partial charge >= 0.3 is 5.97 Å². The molecule has 1 aliphatic rings. The summed E-state index contributed by atoms with van der Waals surface area (Å²) in [7, 11) is 0. The van der Waals surface area contributed by atoms with Gasteiger partial charge in [0.1, 0.15) is 0 Å². The number of hydrogen-bond acceptors (Lipinski definition) is 4. The fraction of sp³-hybridized carbons (Fsp3) is 0.632. The molecular weight excluding hydrogens is 308 g/mol. The van der Waals surface area contributed by atoms with Gasteiger partial charge in [-0.05, 0) is 31.6 Å². The highest BCUT2D eigenvalue weighted by Crippen LogP contribution is 2.26.